The molecule has 0 saturated heterocycles. The first-order valence-corrected chi connectivity index (χ1v) is 10.2. The van der Waals surface area contributed by atoms with Crippen molar-refractivity contribution in [3.8, 4) is 0 Å². The lowest BCUT2D eigenvalue weighted by atomic mass is 10.1. The second-order valence-corrected chi connectivity index (χ2v) is 8.20. The number of halogens is 1. The van der Waals surface area contributed by atoms with Crippen LogP contribution in [0.2, 0.25) is 0 Å². The van der Waals surface area contributed by atoms with Crippen LogP contribution in [0.15, 0.2) is 53.0 Å². The van der Waals surface area contributed by atoms with Crippen LogP contribution in [0.1, 0.15) is 29.8 Å². The molecule has 0 saturated carbocycles. The summed E-state index contributed by atoms with van der Waals surface area (Å²) < 4.78 is 0.796. The normalized spacial score (nSPS) is 10.5. The summed E-state index contributed by atoms with van der Waals surface area (Å²) in [5, 5.41) is 5.32. The van der Waals surface area contributed by atoms with E-state index < -0.39 is 0 Å². The van der Waals surface area contributed by atoms with E-state index in [0.29, 0.717) is 17.8 Å². The highest BCUT2D eigenvalue weighted by atomic mass is 79.9. The monoisotopic (exact) mass is 459 g/mol. The maximum Gasteiger partial charge on any atom is 0.254 e. The third-order valence-corrected chi connectivity index (χ3v) is 4.52. The van der Waals surface area contributed by atoms with Crippen molar-refractivity contribution in [1.29, 1.82) is 0 Å². The summed E-state index contributed by atoms with van der Waals surface area (Å²) in [6.45, 7) is 6.06. The van der Waals surface area contributed by atoms with Gasteiger partial charge in [0.1, 0.15) is 0 Å². The van der Waals surface area contributed by atoms with Gasteiger partial charge in [-0.3, -0.25) is 14.4 Å². The van der Waals surface area contributed by atoms with Crippen LogP contribution in [0.5, 0.6) is 0 Å². The second-order valence-electron chi connectivity index (χ2n) is 7.28. The Hall–Kier alpha value is -2.67. The summed E-state index contributed by atoms with van der Waals surface area (Å²) in [5.41, 5.74) is 2.21. The van der Waals surface area contributed by atoms with Crippen molar-refractivity contribution in [3.05, 3.63) is 64.1 Å². The Morgan fingerprint density at radius 3 is 2.41 bits per heavy atom. The molecular formula is C22H26BrN3O3. The Morgan fingerprint density at radius 2 is 1.76 bits per heavy atom. The maximum atomic E-state index is 12.8. The molecule has 0 aliphatic rings. The molecule has 3 amide bonds. The van der Waals surface area contributed by atoms with E-state index in [1.165, 1.54) is 4.90 Å². The smallest absolute Gasteiger partial charge is 0.254 e. The molecular weight excluding hydrogens is 434 g/mol. The predicted octanol–water partition coefficient (Wildman–Crippen LogP) is 3.61. The summed E-state index contributed by atoms with van der Waals surface area (Å²) in [4.78, 5) is 38.8. The van der Waals surface area contributed by atoms with Crippen molar-refractivity contribution in [2.75, 3.05) is 25.0 Å². The Bertz CT molecular complexity index is 883. The average molecular weight is 460 g/mol. The Labute approximate surface area is 179 Å². The van der Waals surface area contributed by atoms with Crippen LogP contribution in [-0.2, 0) is 9.59 Å². The van der Waals surface area contributed by atoms with Gasteiger partial charge >= 0.3 is 0 Å². The number of anilines is 1. The summed E-state index contributed by atoms with van der Waals surface area (Å²) >= 11 is 3.36. The molecule has 2 aromatic carbocycles. The summed E-state index contributed by atoms with van der Waals surface area (Å²) in [7, 11) is 0. The molecule has 0 heterocycles. The summed E-state index contributed by atoms with van der Waals surface area (Å²) in [5.74, 6) is -0.728. The summed E-state index contributed by atoms with van der Waals surface area (Å²) in [6.07, 6.45) is 0. The molecule has 6 nitrogen and oxygen atoms in total. The van der Waals surface area contributed by atoms with Crippen molar-refractivity contribution in [3.63, 3.8) is 0 Å². The third-order valence-electron chi connectivity index (χ3n) is 4.03. The number of amides is 3. The van der Waals surface area contributed by atoms with Crippen LogP contribution >= 0.6 is 15.9 Å². The minimum absolute atomic E-state index is 0.110. The van der Waals surface area contributed by atoms with Crippen molar-refractivity contribution < 1.29 is 14.4 Å². The number of carbonyl (C=O) groups is 3. The number of nitrogens with one attached hydrogen (secondary N) is 2. The quantitative estimate of drug-likeness (QED) is 0.632. The number of carbonyl (C=O) groups excluding carboxylic acids is 3. The van der Waals surface area contributed by atoms with Gasteiger partial charge < -0.3 is 15.5 Å². The number of rotatable bonds is 8. The highest BCUT2D eigenvalue weighted by Crippen LogP contribution is 2.14. The largest absolute Gasteiger partial charge is 0.345 e. The van der Waals surface area contributed by atoms with E-state index >= 15 is 0 Å². The van der Waals surface area contributed by atoms with E-state index in [1.54, 1.807) is 24.3 Å². The standard InChI is InChI=1S/C22H26BrN3O3/c1-15(2)13-26(22(29)17-7-5-8-18(23)11-17)14-21(28)24-12-20(27)25-19-9-4-6-16(3)10-19/h4-11,15H,12-14H2,1-3H3,(H,24,28)(H,25,27). The molecule has 0 aromatic heterocycles. The molecule has 0 radical (unpaired) electrons. The van der Waals surface area contributed by atoms with Gasteiger partial charge in [0.05, 0.1) is 13.1 Å². The van der Waals surface area contributed by atoms with Gasteiger partial charge in [0.2, 0.25) is 11.8 Å². The van der Waals surface area contributed by atoms with Gasteiger partial charge in [-0.05, 0) is 48.7 Å². The molecule has 0 unspecified atom stereocenters. The average Bonchev–Trinajstić information content (AvgIpc) is 2.65. The van der Waals surface area contributed by atoms with Crippen LogP contribution < -0.4 is 10.6 Å². The molecule has 7 heteroatoms. The highest BCUT2D eigenvalue weighted by molar-refractivity contribution is 9.10. The van der Waals surface area contributed by atoms with E-state index in [1.807, 2.05) is 45.0 Å². The van der Waals surface area contributed by atoms with Crippen LogP contribution in [0.4, 0.5) is 5.69 Å². The minimum atomic E-state index is -0.381. The Kier molecular flexibility index (Phi) is 8.39. The molecule has 0 aliphatic carbocycles. The summed E-state index contributed by atoms with van der Waals surface area (Å²) in [6, 6.07) is 14.5. The number of nitrogens with zero attached hydrogens (tertiary/aromatic N) is 1. The van der Waals surface area contributed by atoms with Crippen molar-refractivity contribution in [2.45, 2.75) is 20.8 Å². The van der Waals surface area contributed by atoms with Crippen LogP contribution in [-0.4, -0.2) is 42.3 Å². The number of hydrogen-bond acceptors (Lipinski definition) is 3. The lowest BCUT2D eigenvalue weighted by Gasteiger charge is -2.24. The van der Waals surface area contributed by atoms with E-state index in [9.17, 15) is 14.4 Å². The molecule has 0 fully saturated rings. The topological polar surface area (TPSA) is 78.5 Å². The lowest BCUT2D eigenvalue weighted by molar-refractivity contribution is -0.124. The zero-order valence-electron chi connectivity index (χ0n) is 16.9. The van der Waals surface area contributed by atoms with Crippen LogP contribution in [0, 0.1) is 12.8 Å². The fourth-order valence-corrected chi connectivity index (χ4v) is 3.20. The molecule has 0 aliphatic heterocycles. The number of hydrogen-bond donors (Lipinski definition) is 2. The zero-order valence-corrected chi connectivity index (χ0v) is 18.5. The van der Waals surface area contributed by atoms with E-state index in [2.05, 4.69) is 26.6 Å². The van der Waals surface area contributed by atoms with E-state index in [-0.39, 0.29) is 36.7 Å². The second kappa shape index (κ2) is 10.8. The zero-order chi connectivity index (χ0) is 21.4. The first kappa shape index (κ1) is 22.6. The highest BCUT2D eigenvalue weighted by Gasteiger charge is 2.20. The van der Waals surface area contributed by atoms with E-state index in [0.717, 1.165) is 10.0 Å². The lowest BCUT2D eigenvalue weighted by Crippen LogP contribution is -2.44. The predicted molar refractivity (Wildman–Crippen MR) is 118 cm³/mol. The van der Waals surface area contributed by atoms with Gasteiger partial charge in [0.25, 0.3) is 5.91 Å². The van der Waals surface area contributed by atoms with Crippen molar-refractivity contribution in [1.82, 2.24) is 10.2 Å². The first-order valence-electron chi connectivity index (χ1n) is 9.42. The fraction of sp³-hybridized carbons (Fsp3) is 0.318. The van der Waals surface area contributed by atoms with Crippen LogP contribution in [0.3, 0.4) is 0 Å². The molecule has 29 heavy (non-hydrogen) atoms. The molecule has 2 N–H and O–H groups in total. The molecule has 2 rings (SSSR count). The first-order chi connectivity index (χ1) is 13.7. The number of benzene rings is 2. The molecule has 0 spiro atoms. The van der Waals surface area contributed by atoms with E-state index in [4.69, 9.17) is 0 Å². The molecule has 2 aromatic rings. The van der Waals surface area contributed by atoms with Gasteiger partial charge in [0, 0.05) is 22.3 Å². The third kappa shape index (κ3) is 7.69. The van der Waals surface area contributed by atoms with Crippen molar-refractivity contribution in [2.24, 2.45) is 5.92 Å². The van der Waals surface area contributed by atoms with Crippen LogP contribution in [0.25, 0.3) is 0 Å². The fourth-order valence-electron chi connectivity index (χ4n) is 2.80. The Balaban J connectivity index is 1.93. The molecule has 0 bridgehead atoms. The number of aryl methyl sites for hydroxylation is 1. The van der Waals surface area contributed by atoms with Gasteiger partial charge in [-0.2, -0.15) is 0 Å². The maximum absolute atomic E-state index is 12.8. The van der Waals surface area contributed by atoms with Crippen molar-refractivity contribution >= 4 is 39.3 Å². The molecule has 154 valence electrons. The van der Waals surface area contributed by atoms with Gasteiger partial charge in [-0.25, -0.2) is 0 Å². The van der Waals surface area contributed by atoms with Gasteiger partial charge in [-0.1, -0.05) is 48.0 Å². The SMILES string of the molecule is Cc1cccc(NC(=O)CNC(=O)CN(CC(C)C)C(=O)c2cccc(Br)c2)c1. The molecule has 0 atom stereocenters. The van der Waals surface area contributed by atoms with Gasteiger partial charge in [-0.15, -0.1) is 0 Å². The Morgan fingerprint density at radius 1 is 1.03 bits per heavy atom. The minimum Gasteiger partial charge on any atom is -0.345 e. The van der Waals surface area contributed by atoms with Gasteiger partial charge in [0.15, 0.2) is 0 Å².